The summed E-state index contributed by atoms with van der Waals surface area (Å²) in [6, 6.07) is 2.67. The highest BCUT2D eigenvalue weighted by molar-refractivity contribution is 7.07. The SMILES string of the molecule is O=c1[nH]c(CNCc2ccn(C3CCCCC3)n2)cs1. The fourth-order valence-corrected chi connectivity index (χ4v) is 3.33. The van der Waals surface area contributed by atoms with E-state index in [0.29, 0.717) is 12.6 Å². The van der Waals surface area contributed by atoms with Crippen molar-refractivity contribution in [2.45, 2.75) is 51.2 Å². The van der Waals surface area contributed by atoms with Crippen LogP contribution in [-0.4, -0.2) is 14.8 Å². The van der Waals surface area contributed by atoms with E-state index >= 15 is 0 Å². The van der Waals surface area contributed by atoms with Gasteiger partial charge in [0.1, 0.15) is 0 Å². The molecule has 3 rings (SSSR count). The van der Waals surface area contributed by atoms with Gasteiger partial charge in [0.25, 0.3) is 0 Å². The molecule has 2 heterocycles. The zero-order valence-electron chi connectivity index (χ0n) is 11.5. The molecule has 6 heteroatoms. The molecule has 0 amide bonds. The molecular weight excluding hydrogens is 272 g/mol. The van der Waals surface area contributed by atoms with Crippen LogP contribution in [0.2, 0.25) is 0 Å². The smallest absolute Gasteiger partial charge is 0.304 e. The van der Waals surface area contributed by atoms with Crippen LogP contribution < -0.4 is 10.2 Å². The molecule has 0 unspecified atom stereocenters. The maximum atomic E-state index is 11.0. The van der Waals surface area contributed by atoms with Crippen molar-refractivity contribution in [3.63, 3.8) is 0 Å². The molecule has 108 valence electrons. The van der Waals surface area contributed by atoms with E-state index in [-0.39, 0.29) is 4.87 Å². The Bertz CT molecular complexity index is 594. The molecule has 20 heavy (non-hydrogen) atoms. The summed E-state index contributed by atoms with van der Waals surface area (Å²) in [5.41, 5.74) is 2.00. The Morgan fingerprint density at radius 1 is 1.35 bits per heavy atom. The lowest BCUT2D eigenvalue weighted by Crippen LogP contribution is -2.16. The molecule has 2 aromatic rings. The minimum atomic E-state index is 0.00313. The maximum Gasteiger partial charge on any atom is 0.304 e. The van der Waals surface area contributed by atoms with Crippen molar-refractivity contribution in [3.05, 3.63) is 38.7 Å². The van der Waals surface area contributed by atoms with Crippen molar-refractivity contribution in [1.29, 1.82) is 0 Å². The summed E-state index contributed by atoms with van der Waals surface area (Å²) in [6.07, 6.45) is 8.62. The van der Waals surface area contributed by atoms with Gasteiger partial charge in [-0.2, -0.15) is 5.10 Å². The Hall–Kier alpha value is -1.40. The summed E-state index contributed by atoms with van der Waals surface area (Å²) < 4.78 is 2.13. The standard InChI is InChI=1S/C14H20N4OS/c19-14-16-12(10-20-14)9-15-8-11-6-7-18(17-11)13-4-2-1-3-5-13/h6-7,10,13,15H,1-5,8-9H2,(H,16,19). The largest absolute Gasteiger partial charge is 0.315 e. The molecule has 0 radical (unpaired) electrons. The summed E-state index contributed by atoms with van der Waals surface area (Å²) in [6.45, 7) is 1.41. The van der Waals surface area contributed by atoms with Crippen LogP contribution in [0.3, 0.4) is 0 Å². The second-order valence-electron chi connectivity index (χ2n) is 5.36. The molecule has 0 bridgehead atoms. The topological polar surface area (TPSA) is 62.7 Å². The van der Waals surface area contributed by atoms with E-state index in [0.717, 1.165) is 17.9 Å². The van der Waals surface area contributed by atoms with Gasteiger partial charge in [0.15, 0.2) is 0 Å². The molecule has 0 atom stereocenters. The van der Waals surface area contributed by atoms with Gasteiger partial charge in [-0.1, -0.05) is 30.6 Å². The van der Waals surface area contributed by atoms with Crippen molar-refractivity contribution < 1.29 is 0 Å². The van der Waals surface area contributed by atoms with E-state index in [1.54, 1.807) is 0 Å². The maximum absolute atomic E-state index is 11.0. The van der Waals surface area contributed by atoms with Gasteiger partial charge in [-0.25, -0.2) is 0 Å². The van der Waals surface area contributed by atoms with Crippen LogP contribution in [0.1, 0.15) is 49.5 Å². The predicted octanol–water partition coefficient (Wildman–Crippen LogP) is 2.43. The summed E-state index contributed by atoms with van der Waals surface area (Å²) in [5.74, 6) is 0. The average molecular weight is 292 g/mol. The first-order chi connectivity index (χ1) is 9.81. The van der Waals surface area contributed by atoms with Crippen LogP contribution in [0.5, 0.6) is 0 Å². The average Bonchev–Trinajstić information content (AvgIpc) is 3.09. The minimum absolute atomic E-state index is 0.00313. The summed E-state index contributed by atoms with van der Waals surface area (Å²) >= 11 is 1.20. The van der Waals surface area contributed by atoms with Crippen LogP contribution in [0.15, 0.2) is 22.4 Å². The monoisotopic (exact) mass is 292 g/mol. The summed E-state index contributed by atoms with van der Waals surface area (Å²) in [4.78, 5) is 13.8. The number of hydrogen-bond acceptors (Lipinski definition) is 4. The Morgan fingerprint density at radius 3 is 2.95 bits per heavy atom. The lowest BCUT2D eigenvalue weighted by Gasteiger charge is -2.21. The highest BCUT2D eigenvalue weighted by Gasteiger charge is 2.15. The van der Waals surface area contributed by atoms with Gasteiger partial charge in [-0.05, 0) is 18.9 Å². The van der Waals surface area contributed by atoms with E-state index in [4.69, 9.17) is 0 Å². The van der Waals surface area contributed by atoms with Crippen LogP contribution in [0, 0.1) is 0 Å². The van der Waals surface area contributed by atoms with Crippen LogP contribution in [-0.2, 0) is 13.1 Å². The van der Waals surface area contributed by atoms with Gasteiger partial charge in [0.2, 0.25) is 0 Å². The number of rotatable bonds is 5. The second-order valence-corrected chi connectivity index (χ2v) is 6.20. The number of aromatic amines is 1. The van der Waals surface area contributed by atoms with Crippen LogP contribution in [0.4, 0.5) is 0 Å². The summed E-state index contributed by atoms with van der Waals surface area (Å²) in [5, 5.41) is 9.82. The zero-order chi connectivity index (χ0) is 13.8. The van der Waals surface area contributed by atoms with Crippen LogP contribution >= 0.6 is 11.3 Å². The molecule has 0 saturated heterocycles. The highest BCUT2D eigenvalue weighted by atomic mass is 32.1. The molecule has 1 aliphatic rings. The van der Waals surface area contributed by atoms with Crippen molar-refractivity contribution >= 4 is 11.3 Å². The fourth-order valence-electron chi connectivity index (χ4n) is 2.75. The molecule has 1 fully saturated rings. The van der Waals surface area contributed by atoms with Gasteiger partial charge in [-0.3, -0.25) is 9.48 Å². The van der Waals surface area contributed by atoms with Gasteiger partial charge in [0, 0.05) is 30.4 Å². The number of thiazole rings is 1. The molecule has 5 nitrogen and oxygen atoms in total. The Balaban J connectivity index is 1.50. The van der Waals surface area contributed by atoms with Gasteiger partial charge < -0.3 is 10.3 Å². The molecule has 0 spiro atoms. The molecule has 1 aliphatic carbocycles. The minimum Gasteiger partial charge on any atom is -0.315 e. The van der Waals surface area contributed by atoms with E-state index in [1.807, 2.05) is 5.38 Å². The third-order valence-corrected chi connectivity index (χ3v) is 4.52. The first-order valence-corrected chi connectivity index (χ1v) is 8.11. The Kier molecular flexibility index (Phi) is 4.32. The number of aromatic nitrogens is 3. The lowest BCUT2D eigenvalue weighted by atomic mass is 9.96. The second kappa shape index (κ2) is 6.37. The first-order valence-electron chi connectivity index (χ1n) is 7.23. The number of H-pyrrole nitrogens is 1. The molecule has 0 aliphatic heterocycles. The Morgan fingerprint density at radius 2 is 2.20 bits per heavy atom. The zero-order valence-corrected chi connectivity index (χ0v) is 12.3. The van der Waals surface area contributed by atoms with Crippen LogP contribution in [0.25, 0.3) is 0 Å². The molecular formula is C14H20N4OS. The van der Waals surface area contributed by atoms with Crippen molar-refractivity contribution in [2.75, 3.05) is 0 Å². The lowest BCUT2D eigenvalue weighted by molar-refractivity contribution is 0.327. The number of hydrogen-bond donors (Lipinski definition) is 2. The predicted molar refractivity (Wildman–Crippen MR) is 79.8 cm³/mol. The first kappa shape index (κ1) is 13.6. The van der Waals surface area contributed by atoms with E-state index < -0.39 is 0 Å². The quantitative estimate of drug-likeness (QED) is 0.889. The van der Waals surface area contributed by atoms with E-state index in [1.165, 1.54) is 43.4 Å². The normalized spacial score (nSPS) is 16.6. The number of nitrogens with zero attached hydrogens (tertiary/aromatic N) is 2. The molecule has 2 aromatic heterocycles. The summed E-state index contributed by atoms with van der Waals surface area (Å²) in [7, 11) is 0. The number of nitrogens with one attached hydrogen (secondary N) is 2. The van der Waals surface area contributed by atoms with E-state index in [9.17, 15) is 4.79 Å². The molecule has 0 aromatic carbocycles. The van der Waals surface area contributed by atoms with Gasteiger partial charge in [0.05, 0.1) is 11.7 Å². The van der Waals surface area contributed by atoms with E-state index in [2.05, 4.69) is 32.3 Å². The van der Waals surface area contributed by atoms with Gasteiger partial charge in [-0.15, -0.1) is 0 Å². The van der Waals surface area contributed by atoms with Crippen molar-refractivity contribution in [3.8, 4) is 0 Å². The van der Waals surface area contributed by atoms with Crippen molar-refractivity contribution in [2.24, 2.45) is 0 Å². The van der Waals surface area contributed by atoms with Crippen molar-refractivity contribution in [1.82, 2.24) is 20.1 Å². The third-order valence-electron chi connectivity index (χ3n) is 3.80. The van der Waals surface area contributed by atoms with Gasteiger partial charge >= 0.3 is 4.87 Å². The molecule has 1 saturated carbocycles. The fraction of sp³-hybridized carbons (Fsp3) is 0.571. The highest BCUT2D eigenvalue weighted by Crippen LogP contribution is 2.27. The Labute approximate surface area is 122 Å². The molecule has 2 N–H and O–H groups in total. The third kappa shape index (κ3) is 3.37.